The summed E-state index contributed by atoms with van der Waals surface area (Å²) in [5, 5.41) is 4.92. The van der Waals surface area contributed by atoms with Crippen LogP contribution < -0.4 is 5.32 Å². The first-order valence-corrected chi connectivity index (χ1v) is 6.90. The standard InChI is InChI=1S/C12H18N2OS/c1-9-5-3-2-4-6-10(9)14-12(15)11-7-16-8-13-11/h7-10H,2-6H2,1H3,(H,14,15). The third-order valence-electron chi connectivity index (χ3n) is 3.34. The second-order valence-electron chi connectivity index (χ2n) is 4.57. The molecule has 3 nitrogen and oxygen atoms in total. The number of carbonyl (C=O) groups is 1. The van der Waals surface area contributed by atoms with Crippen LogP contribution in [0.15, 0.2) is 10.9 Å². The number of aromatic nitrogens is 1. The van der Waals surface area contributed by atoms with E-state index in [9.17, 15) is 4.79 Å². The Morgan fingerprint density at radius 2 is 2.25 bits per heavy atom. The van der Waals surface area contributed by atoms with E-state index in [4.69, 9.17) is 0 Å². The minimum Gasteiger partial charge on any atom is -0.348 e. The highest BCUT2D eigenvalue weighted by molar-refractivity contribution is 7.07. The van der Waals surface area contributed by atoms with Crippen LogP contribution >= 0.6 is 11.3 Å². The summed E-state index contributed by atoms with van der Waals surface area (Å²) in [6.45, 7) is 2.23. The molecule has 0 aromatic carbocycles. The average molecular weight is 238 g/mol. The first-order chi connectivity index (χ1) is 7.77. The number of rotatable bonds is 2. The van der Waals surface area contributed by atoms with Crippen LogP contribution in [-0.4, -0.2) is 16.9 Å². The van der Waals surface area contributed by atoms with E-state index in [1.165, 1.54) is 37.0 Å². The van der Waals surface area contributed by atoms with Crippen molar-refractivity contribution in [3.8, 4) is 0 Å². The maximum Gasteiger partial charge on any atom is 0.270 e. The van der Waals surface area contributed by atoms with Crippen molar-refractivity contribution in [3.05, 3.63) is 16.6 Å². The van der Waals surface area contributed by atoms with Crippen LogP contribution in [-0.2, 0) is 0 Å². The number of nitrogens with one attached hydrogen (secondary N) is 1. The molecule has 1 aliphatic rings. The third kappa shape index (κ3) is 2.82. The second kappa shape index (κ2) is 5.43. The SMILES string of the molecule is CC1CCCCCC1NC(=O)c1cscn1. The lowest BCUT2D eigenvalue weighted by Gasteiger charge is -2.22. The molecule has 1 aromatic heterocycles. The molecular formula is C12H18N2OS. The molecule has 4 heteroatoms. The van der Waals surface area contributed by atoms with Gasteiger partial charge in [0.2, 0.25) is 0 Å². The molecule has 1 aliphatic carbocycles. The Labute approximate surface area is 100 Å². The molecule has 0 aliphatic heterocycles. The smallest absolute Gasteiger partial charge is 0.270 e. The van der Waals surface area contributed by atoms with E-state index in [2.05, 4.69) is 17.2 Å². The maximum atomic E-state index is 11.9. The van der Waals surface area contributed by atoms with Gasteiger partial charge in [0.1, 0.15) is 5.69 Å². The van der Waals surface area contributed by atoms with Gasteiger partial charge < -0.3 is 5.32 Å². The lowest BCUT2D eigenvalue weighted by molar-refractivity contribution is 0.0917. The first-order valence-electron chi connectivity index (χ1n) is 5.96. The van der Waals surface area contributed by atoms with Crippen LogP contribution in [0.25, 0.3) is 0 Å². The van der Waals surface area contributed by atoms with E-state index < -0.39 is 0 Å². The minimum atomic E-state index is -0.0139. The van der Waals surface area contributed by atoms with Gasteiger partial charge in [0, 0.05) is 11.4 Å². The number of thiazole rings is 1. The molecule has 2 unspecified atom stereocenters. The normalized spacial score (nSPS) is 26.1. The van der Waals surface area contributed by atoms with E-state index in [0.29, 0.717) is 17.7 Å². The summed E-state index contributed by atoms with van der Waals surface area (Å²) in [5.74, 6) is 0.574. The fourth-order valence-corrected chi connectivity index (χ4v) is 2.81. The van der Waals surface area contributed by atoms with Crippen molar-refractivity contribution in [3.63, 3.8) is 0 Å². The lowest BCUT2D eigenvalue weighted by Crippen LogP contribution is -2.38. The Morgan fingerprint density at radius 3 is 3.00 bits per heavy atom. The predicted molar refractivity (Wildman–Crippen MR) is 65.6 cm³/mol. The van der Waals surface area contributed by atoms with Crippen molar-refractivity contribution in [2.24, 2.45) is 5.92 Å². The Kier molecular flexibility index (Phi) is 3.93. The highest BCUT2D eigenvalue weighted by Gasteiger charge is 2.22. The molecule has 1 fully saturated rings. The van der Waals surface area contributed by atoms with Crippen LogP contribution in [0.4, 0.5) is 0 Å². The summed E-state index contributed by atoms with van der Waals surface area (Å²) in [5.41, 5.74) is 2.26. The zero-order valence-electron chi connectivity index (χ0n) is 9.61. The molecule has 1 N–H and O–H groups in total. The van der Waals surface area contributed by atoms with Gasteiger partial charge in [-0.15, -0.1) is 11.3 Å². The van der Waals surface area contributed by atoms with Crippen molar-refractivity contribution < 1.29 is 4.79 Å². The lowest BCUT2D eigenvalue weighted by atomic mass is 9.97. The summed E-state index contributed by atoms with van der Waals surface area (Å²) < 4.78 is 0. The maximum absolute atomic E-state index is 11.9. The summed E-state index contributed by atoms with van der Waals surface area (Å²) in [6.07, 6.45) is 6.16. The number of hydrogen-bond donors (Lipinski definition) is 1. The Balaban J connectivity index is 1.95. The fourth-order valence-electron chi connectivity index (χ4n) is 2.27. The van der Waals surface area contributed by atoms with Gasteiger partial charge in [-0.25, -0.2) is 4.98 Å². The van der Waals surface area contributed by atoms with Crippen LogP contribution in [0.5, 0.6) is 0 Å². The van der Waals surface area contributed by atoms with E-state index in [1.807, 2.05) is 0 Å². The van der Waals surface area contributed by atoms with Crippen LogP contribution in [0, 0.1) is 5.92 Å². The Bertz CT molecular complexity index is 337. The second-order valence-corrected chi connectivity index (χ2v) is 5.29. The molecule has 2 atom stereocenters. The molecule has 16 heavy (non-hydrogen) atoms. The van der Waals surface area contributed by atoms with E-state index in [-0.39, 0.29) is 5.91 Å². The van der Waals surface area contributed by atoms with Gasteiger partial charge in [-0.2, -0.15) is 0 Å². The topological polar surface area (TPSA) is 42.0 Å². The van der Waals surface area contributed by atoms with Gasteiger partial charge in [0.25, 0.3) is 5.91 Å². The van der Waals surface area contributed by atoms with Crippen molar-refractivity contribution in [1.82, 2.24) is 10.3 Å². The Morgan fingerprint density at radius 1 is 1.44 bits per heavy atom. The summed E-state index contributed by atoms with van der Waals surface area (Å²) in [4.78, 5) is 15.9. The average Bonchev–Trinajstić information content (AvgIpc) is 2.73. The van der Waals surface area contributed by atoms with Crippen LogP contribution in [0.3, 0.4) is 0 Å². The zero-order valence-corrected chi connectivity index (χ0v) is 10.4. The Hall–Kier alpha value is -0.900. The number of nitrogens with zero attached hydrogens (tertiary/aromatic N) is 1. The molecule has 0 saturated heterocycles. The van der Waals surface area contributed by atoms with E-state index in [1.54, 1.807) is 10.9 Å². The predicted octanol–water partition coefficient (Wildman–Crippen LogP) is 2.84. The van der Waals surface area contributed by atoms with Crippen molar-refractivity contribution in [1.29, 1.82) is 0 Å². The fraction of sp³-hybridized carbons (Fsp3) is 0.667. The summed E-state index contributed by atoms with van der Waals surface area (Å²) in [7, 11) is 0. The van der Waals surface area contributed by atoms with Crippen LogP contribution in [0.2, 0.25) is 0 Å². The molecule has 1 aromatic rings. The minimum absolute atomic E-state index is 0.0139. The quantitative estimate of drug-likeness (QED) is 0.805. The number of carbonyl (C=O) groups excluding carboxylic acids is 1. The highest BCUT2D eigenvalue weighted by Crippen LogP contribution is 2.23. The summed E-state index contributed by atoms with van der Waals surface area (Å²) in [6, 6.07) is 0.330. The third-order valence-corrected chi connectivity index (χ3v) is 3.93. The van der Waals surface area contributed by atoms with Crippen LogP contribution in [0.1, 0.15) is 49.5 Å². The summed E-state index contributed by atoms with van der Waals surface area (Å²) >= 11 is 1.46. The highest BCUT2D eigenvalue weighted by atomic mass is 32.1. The molecular weight excluding hydrogens is 220 g/mol. The molecule has 0 radical (unpaired) electrons. The van der Waals surface area contributed by atoms with Gasteiger partial charge in [0.15, 0.2) is 0 Å². The number of amides is 1. The first kappa shape index (κ1) is 11.6. The molecule has 1 heterocycles. The van der Waals surface area contributed by atoms with E-state index >= 15 is 0 Å². The zero-order chi connectivity index (χ0) is 11.4. The molecule has 88 valence electrons. The van der Waals surface area contributed by atoms with Crippen molar-refractivity contribution in [2.45, 2.75) is 45.1 Å². The van der Waals surface area contributed by atoms with Gasteiger partial charge in [-0.1, -0.05) is 26.2 Å². The van der Waals surface area contributed by atoms with Crippen molar-refractivity contribution in [2.75, 3.05) is 0 Å². The van der Waals surface area contributed by atoms with Gasteiger partial charge in [0.05, 0.1) is 5.51 Å². The molecule has 2 rings (SSSR count). The molecule has 1 saturated carbocycles. The largest absolute Gasteiger partial charge is 0.348 e. The molecule has 1 amide bonds. The monoisotopic (exact) mass is 238 g/mol. The number of hydrogen-bond acceptors (Lipinski definition) is 3. The molecule has 0 bridgehead atoms. The van der Waals surface area contributed by atoms with Gasteiger partial charge in [-0.05, 0) is 18.8 Å². The van der Waals surface area contributed by atoms with Gasteiger partial charge in [-0.3, -0.25) is 4.79 Å². The van der Waals surface area contributed by atoms with Crippen molar-refractivity contribution >= 4 is 17.2 Å². The molecule has 0 spiro atoms. The van der Waals surface area contributed by atoms with E-state index in [0.717, 1.165) is 6.42 Å². The van der Waals surface area contributed by atoms with Gasteiger partial charge >= 0.3 is 0 Å².